The van der Waals surface area contributed by atoms with Crippen molar-refractivity contribution in [3.05, 3.63) is 35.8 Å². The molecule has 27 heavy (non-hydrogen) atoms. The van der Waals surface area contributed by atoms with E-state index in [0.29, 0.717) is 6.61 Å². The summed E-state index contributed by atoms with van der Waals surface area (Å²) < 4.78 is 41.3. The second-order valence-corrected chi connectivity index (χ2v) is 7.41. The third-order valence-corrected chi connectivity index (χ3v) is 4.25. The standard InChI is InChI=1S/C8H10O5S.C8H10O3S.CH4/c1-3-12-8(9)6-4-5-7(13-6)14(2,10)11;1-3-10-8(9)6-4-5-7(11-6)12-2;/h4-5H,3H2,1-2H3;4-5H,3H2,1-2H3;1H4. The molecule has 2 aromatic heterocycles. The molecular formula is C17H24O8S2. The summed E-state index contributed by atoms with van der Waals surface area (Å²) in [7, 11) is -3.40. The van der Waals surface area contributed by atoms with Crippen LogP contribution in [0.25, 0.3) is 0 Å². The van der Waals surface area contributed by atoms with Gasteiger partial charge in [0.15, 0.2) is 5.09 Å². The number of hydrogen-bond acceptors (Lipinski definition) is 9. The third-order valence-electron chi connectivity index (χ3n) is 2.68. The van der Waals surface area contributed by atoms with E-state index in [0.717, 1.165) is 11.3 Å². The van der Waals surface area contributed by atoms with Gasteiger partial charge in [0.1, 0.15) is 0 Å². The Kier molecular flexibility index (Phi) is 10.6. The molecule has 0 aliphatic rings. The number of rotatable bonds is 6. The van der Waals surface area contributed by atoms with Crippen LogP contribution in [0.3, 0.4) is 0 Å². The van der Waals surface area contributed by atoms with Crippen molar-refractivity contribution < 1.29 is 36.3 Å². The first-order valence-corrected chi connectivity index (χ1v) is 10.6. The zero-order valence-corrected chi connectivity index (χ0v) is 16.4. The molecule has 0 radical (unpaired) electrons. The van der Waals surface area contributed by atoms with Gasteiger partial charge >= 0.3 is 11.9 Å². The Hall–Kier alpha value is -2.20. The highest BCUT2D eigenvalue weighted by Gasteiger charge is 2.17. The maximum absolute atomic E-state index is 11.1. The first-order chi connectivity index (χ1) is 12.2. The van der Waals surface area contributed by atoms with Gasteiger partial charge in [-0.05, 0) is 44.4 Å². The average Bonchev–Trinajstić information content (AvgIpc) is 3.25. The molecule has 8 nitrogen and oxygen atoms in total. The highest BCUT2D eigenvalue weighted by molar-refractivity contribution is 7.98. The molecular weight excluding hydrogens is 396 g/mol. The summed E-state index contributed by atoms with van der Waals surface area (Å²) in [4.78, 5) is 22.1. The van der Waals surface area contributed by atoms with Crippen LogP contribution in [0.1, 0.15) is 42.4 Å². The lowest BCUT2D eigenvalue weighted by atomic mass is 10.5. The molecule has 0 bridgehead atoms. The van der Waals surface area contributed by atoms with Crippen molar-refractivity contribution >= 4 is 33.5 Å². The minimum absolute atomic E-state index is 0. The van der Waals surface area contributed by atoms with Crippen molar-refractivity contribution in [3.8, 4) is 0 Å². The van der Waals surface area contributed by atoms with Gasteiger partial charge in [-0.25, -0.2) is 18.0 Å². The summed E-state index contributed by atoms with van der Waals surface area (Å²) in [5.74, 6) is -0.909. The molecule has 0 aliphatic heterocycles. The van der Waals surface area contributed by atoms with E-state index < -0.39 is 21.8 Å². The largest absolute Gasteiger partial charge is 0.460 e. The lowest BCUT2D eigenvalue weighted by molar-refractivity contribution is 0.0475. The van der Waals surface area contributed by atoms with Crippen LogP contribution >= 0.6 is 11.8 Å². The Bertz CT molecular complexity index is 833. The fraction of sp³-hybridized carbons (Fsp3) is 0.412. The van der Waals surface area contributed by atoms with E-state index in [4.69, 9.17) is 13.6 Å². The van der Waals surface area contributed by atoms with E-state index in [-0.39, 0.29) is 30.6 Å². The highest BCUT2D eigenvalue weighted by atomic mass is 32.2. The monoisotopic (exact) mass is 420 g/mol. The molecule has 0 aliphatic carbocycles. The van der Waals surface area contributed by atoms with Crippen molar-refractivity contribution in [2.45, 2.75) is 31.5 Å². The van der Waals surface area contributed by atoms with Gasteiger partial charge in [0.05, 0.1) is 13.2 Å². The second-order valence-electron chi connectivity index (χ2n) is 4.65. The molecule has 2 rings (SSSR count). The van der Waals surface area contributed by atoms with E-state index in [1.807, 2.05) is 6.26 Å². The molecule has 0 spiro atoms. The number of ether oxygens (including phenoxy) is 2. The Morgan fingerprint density at radius 3 is 1.81 bits per heavy atom. The molecule has 0 atom stereocenters. The Balaban J connectivity index is 0.000000488. The molecule has 0 aromatic carbocycles. The fourth-order valence-electron chi connectivity index (χ4n) is 1.57. The number of thioether (sulfide) groups is 1. The summed E-state index contributed by atoms with van der Waals surface area (Å²) >= 11 is 1.45. The van der Waals surface area contributed by atoms with Gasteiger partial charge in [0, 0.05) is 6.26 Å². The normalized spacial score (nSPS) is 10.2. The maximum atomic E-state index is 11.1. The van der Waals surface area contributed by atoms with Crippen LogP contribution < -0.4 is 0 Å². The Morgan fingerprint density at radius 2 is 1.44 bits per heavy atom. The smallest absolute Gasteiger partial charge is 0.374 e. The summed E-state index contributed by atoms with van der Waals surface area (Å²) in [5.41, 5.74) is 0. The average molecular weight is 421 g/mol. The SMILES string of the molecule is C.CCOC(=O)c1ccc(S(C)(=O)=O)o1.CCOC(=O)c1ccc(SC)o1. The molecule has 0 saturated heterocycles. The lowest BCUT2D eigenvalue weighted by Gasteiger charge is -1.96. The van der Waals surface area contributed by atoms with Gasteiger partial charge in [-0.3, -0.25) is 0 Å². The van der Waals surface area contributed by atoms with E-state index in [1.165, 1.54) is 23.9 Å². The van der Waals surface area contributed by atoms with Crippen LogP contribution in [0.2, 0.25) is 0 Å². The van der Waals surface area contributed by atoms with Crippen molar-refractivity contribution in [2.24, 2.45) is 0 Å². The van der Waals surface area contributed by atoms with Gasteiger partial charge in [0.25, 0.3) is 0 Å². The van der Waals surface area contributed by atoms with Crippen LogP contribution in [-0.2, 0) is 19.3 Å². The zero-order valence-electron chi connectivity index (χ0n) is 14.8. The number of esters is 2. The molecule has 0 saturated carbocycles. The summed E-state index contributed by atoms with van der Waals surface area (Å²) in [6.07, 6.45) is 2.88. The number of carbonyl (C=O) groups excluding carboxylic acids is 2. The van der Waals surface area contributed by atoms with Crippen molar-refractivity contribution in [1.82, 2.24) is 0 Å². The number of furan rings is 2. The lowest BCUT2D eigenvalue weighted by Crippen LogP contribution is -2.03. The van der Waals surface area contributed by atoms with E-state index >= 15 is 0 Å². The topological polar surface area (TPSA) is 113 Å². The molecule has 0 unspecified atom stereocenters. The number of sulfone groups is 1. The number of hydrogen-bond donors (Lipinski definition) is 0. The quantitative estimate of drug-likeness (QED) is 0.510. The van der Waals surface area contributed by atoms with Crippen molar-refractivity contribution in [3.63, 3.8) is 0 Å². The van der Waals surface area contributed by atoms with E-state index in [2.05, 4.69) is 4.74 Å². The summed E-state index contributed by atoms with van der Waals surface area (Å²) in [6, 6.07) is 5.86. The van der Waals surface area contributed by atoms with Crippen LogP contribution in [0, 0.1) is 0 Å². The van der Waals surface area contributed by atoms with Crippen molar-refractivity contribution in [1.29, 1.82) is 0 Å². The molecule has 2 aromatic rings. The molecule has 2 heterocycles. The summed E-state index contributed by atoms with van der Waals surface area (Å²) in [6.45, 7) is 4.00. The summed E-state index contributed by atoms with van der Waals surface area (Å²) in [5, 5.41) is 0.485. The predicted octanol–water partition coefficient (Wildman–Crippen LogP) is 3.67. The first-order valence-electron chi connectivity index (χ1n) is 7.50. The molecule has 0 fully saturated rings. The molecule has 10 heteroatoms. The van der Waals surface area contributed by atoms with Crippen LogP contribution in [0.15, 0.2) is 43.3 Å². The Morgan fingerprint density at radius 1 is 0.963 bits per heavy atom. The molecule has 0 amide bonds. The first kappa shape index (κ1) is 24.8. The Labute approximate surface area is 163 Å². The van der Waals surface area contributed by atoms with Gasteiger partial charge in [-0.1, -0.05) is 19.2 Å². The fourth-order valence-corrected chi connectivity index (χ4v) is 2.51. The minimum Gasteiger partial charge on any atom is -0.460 e. The zero-order chi connectivity index (χ0) is 19.7. The van der Waals surface area contributed by atoms with Crippen LogP contribution in [0.5, 0.6) is 0 Å². The van der Waals surface area contributed by atoms with Gasteiger partial charge in [0.2, 0.25) is 26.5 Å². The van der Waals surface area contributed by atoms with Gasteiger partial charge < -0.3 is 18.3 Å². The van der Waals surface area contributed by atoms with E-state index in [9.17, 15) is 18.0 Å². The maximum Gasteiger partial charge on any atom is 0.374 e. The third kappa shape index (κ3) is 7.92. The number of carbonyl (C=O) groups is 2. The highest BCUT2D eigenvalue weighted by Crippen LogP contribution is 2.18. The van der Waals surface area contributed by atoms with Crippen LogP contribution in [-0.4, -0.2) is 46.1 Å². The van der Waals surface area contributed by atoms with Crippen molar-refractivity contribution in [2.75, 3.05) is 25.7 Å². The second kappa shape index (κ2) is 11.5. The van der Waals surface area contributed by atoms with Gasteiger partial charge in [-0.15, -0.1) is 0 Å². The van der Waals surface area contributed by atoms with E-state index in [1.54, 1.807) is 26.0 Å². The van der Waals surface area contributed by atoms with Gasteiger partial charge in [-0.2, -0.15) is 0 Å². The predicted molar refractivity (Wildman–Crippen MR) is 101 cm³/mol. The minimum atomic E-state index is -3.40. The molecule has 0 N–H and O–H groups in total. The van der Waals surface area contributed by atoms with Crippen LogP contribution in [0.4, 0.5) is 0 Å². The molecule has 152 valence electrons.